The second-order valence-corrected chi connectivity index (χ2v) is 6.84. The van der Waals surface area contributed by atoms with Crippen molar-refractivity contribution in [2.75, 3.05) is 6.61 Å². The van der Waals surface area contributed by atoms with E-state index in [0.717, 1.165) is 27.9 Å². The van der Waals surface area contributed by atoms with Crippen molar-refractivity contribution in [3.8, 4) is 0 Å². The average molecular weight is 413 g/mol. The van der Waals surface area contributed by atoms with Crippen LogP contribution in [0.2, 0.25) is 0 Å². The first-order chi connectivity index (χ1) is 14.3. The number of non-ortho nitro benzene ring substituents is 1. The molecule has 10 nitrogen and oxygen atoms in total. The molecule has 0 fully saturated rings. The first-order valence-electron chi connectivity index (χ1n) is 9.72. The molecule has 10 heteroatoms. The lowest BCUT2D eigenvalue weighted by molar-refractivity contribution is -0.384. The van der Waals surface area contributed by atoms with Crippen LogP contribution in [0.25, 0.3) is 5.65 Å². The quantitative estimate of drug-likeness (QED) is 0.315. The number of fused-ring (bicyclic) bond motifs is 1. The van der Waals surface area contributed by atoms with E-state index in [1.807, 2.05) is 6.92 Å². The van der Waals surface area contributed by atoms with Gasteiger partial charge in [-0.05, 0) is 25.8 Å². The fourth-order valence-electron chi connectivity index (χ4n) is 3.33. The van der Waals surface area contributed by atoms with Gasteiger partial charge in [-0.1, -0.05) is 25.5 Å². The van der Waals surface area contributed by atoms with E-state index in [2.05, 4.69) is 10.1 Å². The number of hydrogen-bond acceptors (Lipinski definition) is 7. The summed E-state index contributed by atoms with van der Waals surface area (Å²) >= 11 is 0. The van der Waals surface area contributed by atoms with Crippen molar-refractivity contribution in [2.45, 2.75) is 46.6 Å². The molecule has 30 heavy (non-hydrogen) atoms. The molecule has 0 amide bonds. The molecule has 2 aromatic heterocycles. The van der Waals surface area contributed by atoms with Crippen LogP contribution in [-0.4, -0.2) is 36.7 Å². The van der Waals surface area contributed by atoms with Crippen LogP contribution >= 0.6 is 0 Å². The molecule has 1 aromatic carbocycles. The summed E-state index contributed by atoms with van der Waals surface area (Å²) in [7, 11) is 0. The lowest BCUT2D eigenvalue weighted by atomic mass is 10.0. The molecule has 3 aromatic rings. The van der Waals surface area contributed by atoms with E-state index < -0.39 is 16.6 Å². The zero-order valence-electron chi connectivity index (χ0n) is 17.1. The molecule has 2 heterocycles. The summed E-state index contributed by atoms with van der Waals surface area (Å²) in [5.74, 6) is -0.0553. The molecule has 0 saturated carbocycles. The van der Waals surface area contributed by atoms with Crippen molar-refractivity contribution in [3.05, 3.63) is 67.5 Å². The lowest BCUT2D eigenvalue weighted by Crippen LogP contribution is -2.27. The van der Waals surface area contributed by atoms with Crippen LogP contribution in [-0.2, 0) is 28.9 Å². The van der Waals surface area contributed by atoms with Gasteiger partial charge in [0.25, 0.3) is 5.69 Å². The smallest absolute Gasteiger partial charge is 0.352 e. The highest BCUT2D eigenvalue weighted by Gasteiger charge is 2.20. The maximum Gasteiger partial charge on any atom is 0.352 e. The van der Waals surface area contributed by atoms with Gasteiger partial charge in [0, 0.05) is 29.8 Å². The number of esters is 1. The summed E-state index contributed by atoms with van der Waals surface area (Å²) < 4.78 is 7.40. The van der Waals surface area contributed by atoms with Gasteiger partial charge in [-0.15, -0.1) is 5.10 Å². The SMILES string of the molecule is CCCc1nc(C)n2c(=O)n(CC(=O)OCC)nc2c1Cc1ccc([N+](=O)[O-])cc1. The molecule has 0 bridgehead atoms. The van der Waals surface area contributed by atoms with Gasteiger partial charge in [-0.25, -0.2) is 18.9 Å². The minimum Gasteiger partial charge on any atom is -0.465 e. The van der Waals surface area contributed by atoms with Gasteiger partial charge in [0.15, 0.2) is 5.65 Å². The predicted octanol–water partition coefficient (Wildman–Crippen LogP) is 2.21. The maximum absolute atomic E-state index is 12.8. The molecule has 0 aliphatic carbocycles. The number of benzene rings is 1. The highest BCUT2D eigenvalue weighted by atomic mass is 16.6. The van der Waals surface area contributed by atoms with E-state index in [4.69, 9.17) is 4.74 Å². The van der Waals surface area contributed by atoms with Crippen LogP contribution in [0.4, 0.5) is 5.69 Å². The summed E-state index contributed by atoms with van der Waals surface area (Å²) in [6.45, 7) is 5.38. The van der Waals surface area contributed by atoms with Gasteiger partial charge in [0.05, 0.1) is 11.5 Å². The number of rotatable bonds is 8. The van der Waals surface area contributed by atoms with Gasteiger partial charge in [-0.3, -0.25) is 14.9 Å². The molecule has 0 saturated heterocycles. The van der Waals surface area contributed by atoms with Crippen molar-refractivity contribution in [2.24, 2.45) is 0 Å². The van der Waals surface area contributed by atoms with E-state index in [0.29, 0.717) is 24.3 Å². The molecule has 0 aliphatic heterocycles. The predicted molar refractivity (Wildman–Crippen MR) is 109 cm³/mol. The monoisotopic (exact) mass is 413 g/mol. The highest BCUT2D eigenvalue weighted by Crippen LogP contribution is 2.21. The number of aromatic nitrogens is 4. The second kappa shape index (κ2) is 8.85. The fraction of sp³-hybridized carbons (Fsp3) is 0.400. The summed E-state index contributed by atoms with van der Waals surface area (Å²) in [6.07, 6.45) is 1.95. The second-order valence-electron chi connectivity index (χ2n) is 6.84. The Morgan fingerprint density at radius 2 is 1.93 bits per heavy atom. The molecule has 3 rings (SSSR count). The largest absolute Gasteiger partial charge is 0.465 e. The highest BCUT2D eigenvalue weighted by molar-refractivity contribution is 5.69. The zero-order chi connectivity index (χ0) is 21.8. The van der Waals surface area contributed by atoms with Crippen LogP contribution in [0, 0.1) is 17.0 Å². The Balaban J connectivity index is 2.11. The Morgan fingerprint density at radius 3 is 2.53 bits per heavy atom. The summed E-state index contributed by atoms with van der Waals surface area (Å²) in [5.41, 5.74) is 2.38. The van der Waals surface area contributed by atoms with Crippen molar-refractivity contribution in [1.82, 2.24) is 19.2 Å². The summed E-state index contributed by atoms with van der Waals surface area (Å²) in [6, 6.07) is 6.24. The molecule has 158 valence electrons. The number of ether oxygens (including phenoxy) is 1. The number of aryl methyl sites for hydroxylation is 2. The normalized spacial score (nSPS) is 11.0. The number of nitro groups is 1. The average Bonchev–Trinajstić information content (AvgIpc) is 3.02. The number of nitrogens with zero attached hydrogens (tertiary/aromatic N) is 5. The topological polar surface area (TPSA) is 122 Å². The zero-order valence-corrected chi connectivity index (χ0v) is 17.1. The molecule has 0 atom stereocenters. The first kappa shape index (κ1) is 21.2. The molecular formula is C20H23N5O5. The van der Waals surface area contributed by atoms with E-state index in [9.17, 15) is 19.7 Å². The van der Waals surface area contributed by atoms with Crippen LogP contribution < -0.4 is 5.69 Å². The molecule has 0 aliphatic rings. The van der Waals surface area contributed by atoms with Crippen LogP contribution in [0.15, 0.2) is 29.1 Å². The van der Waals surface area contributed by atoms with Gasteiger partial charge in [0.1, 0.15) is 12.4 Å². The molecular weight excluding hydrogens is 390 g/mol. The number of carbonyl (C=O) groups excluding carboxylic acids is 1. The van der Waals surface area contributed by atoms with E-state index in [-0.39, 0.29) is 18.8 Å². The maximum atomic E-state index is 12.8. The van der Waals surface area contributed by atoms with E-state index in [1.165, 1.54) is 16.5 Å². The third kappa shape index (κ3) is 4.22. The summed E-state index contributed by atoms with van der Waals surface area (Å²) in [4.78, 5) is 39.7. The minimum absolute atomic E-state index is 0.00893. The lowest BCUT2D eigenvalue weighted by Gasteiger charge is -2.11. The molecule has 0 unspecified atom stereocenters. The van der Waals surface area contributed by atoms with Crippen LogP contribution in [0.1, 0.15) is 42.9 Å². The first-order valence-corrected chi connectivity index (χ1v) is 9.72. The van der Waals surface area contributed by atoms with Crippen molar-refractivity contribution >= 4 is 17.3 Å². The Hall–Kier alpha value is -3.56. The van der Waals surface area contributed by atoms with E-state index in [1.54, 1.807) is 26.0 Å². The number of nitro benzene ring substituents is 1. The Morgan fingerprint density at radius 1 is 1.23 bits per heavy atom. The molecule has 0 N–H and O–H groups in total. The molecule has 0 spiro atoms. The van der Waals surface area contributed by atoms with E-state index >= 15 is 0 Å². The van der Waals surface area contributed by atoms with Crippen molar-refractivity contribution < 1.29 is 14.5 Å². The molecule has 0 radical (unpaired) electrons. The number of hydrogen-bond donors (Lipinski definition) is 0. The van der Waals surface area contributed by atoms with Gasteiger partial charge in [-0.2, -0.15) is 0 Å². The van der Waals surface area contributed by atoms with Crippen LogP contribution in [0.5, 0.6) is 0 Å². The Bertz CT molecular complexity index is 1150. The minimum atomic E-state index is -0.542. The van der Waals surface area contributed by atoms with Gasteiger partial charge in [0.2, 0.25) is 0 Å². The van der Waals surface area contributed by atoms with Gasteiger partial charge < -0.3 is 4.74 Å². The van der Waals surface area contributed by atoms with Crippen LogP contribution in [0.3, 0.4) is 0 Å². The van der Waals surface area contributed by atoms with Crippen molar-refractivity contribution in [1.29, 1.82) is 0 Å². The fourth-order valence-corrected chi connectivity index (χ4v) is 3.33. The van der Waals surface area contributed by atoms with Crippen molar-refractivity contribution in [3.63, 3.8) is 0 Å². The third-order valence-corrected chi connectivity index (χ3v) is 4.68. The Labute approximate surface area is 172 Å². The third-order valence-electron chi connectivity index (χ3n) is 4.68. The number of carbonyl (C=O) groups is 1. The van der Waals surface area contributed by atoms with Gasteiger partial charge >= 0.3 is 11.7 Å². The standard InChI is InChI=1S/C20H23N5O5/c1-4-6-17-16(11-14-7-9-15(10-8-14)25(28)29)19-22-23(12-18(26)30-5-2)20(27)24(19)13(3)21-17/h7-10H,4-6,11-12H2,1-3H3. The summed E-state index contributed by atoms with van der Waals surface area (Å²) in [5, 5.41) is 15.3. The Kier molecular flexibility index (Phi) is 6.24.